The van der Waals surface area contributed by atoms with Crippen molar-refractivity contribution in [1.29, 1.82) is 0 Å². The predicted molar refractivity (Wildman–Crippen MR) is 133 cm³/mol. The van der Waals surface area contributed by atoms with E-state index < -0.39 is 0 Å². The fourth-order valence-electron chi connectivity index (χ4n) is 5.76. The van der Waals surface area contributed by atoms with Gasteiger partial charge in [0.2, 0.25) is 0 Å². The number of aryl methyl sites for hydroxylation is 1. The molecule has 4 heteroatoms. The van der Waals surface area contributed by atoms with Gasteiger partial charge in [-0.2, -0.15) is 0 Å². The Balaban J connectivity index is 1.28. The Morgan fingerprint density at radius 3 is 2.45 bits per heavy atom. The van der Waals surface area contributed by atoms with Crippen molar-refractivity contribution in [2.45, 2.75) is 51.4 Å². The normalized spacial score (nSPS) is 22.0. The van der Waals surface area contributed by atoms with E-state index in [0.29, 0.717) is 5.41 Å². The van der Waals surface area contributed by atoms with Crippen molar-refractivity contribution < 1.29 is 9.53 Å². The minimum absolute atomic E-state index is 0.193. The number of benzene rings is 2. The van der Waals surface area contributed by atoms with E-state index in [2.05, 4.69) is 34.1 Å². The Kier molecular flexibility index (Phi) is 7.01. The van der Waals surface area contributed by atoms with Gasteiger partial charge in [0.15, 0.2) is 0 Å². The number of para-hydroxylation sites is 1. The number of nitrogens with zero attached hydrogens (tertiary/aromatic N) is 2. The van der Waals surface area contributed by atoms with Gasteiger partial charge in [0.25, 0.3) is 5.91 Å². The molecule has 33 heavy (non-hydrogen) atoms. The maximum Gasteiger partial charge on any atom is 0.253 e. The highest BCUT2D eigenvalue weighted by Gasteiger charge is 2.38. The lowest BCUT2D eigenvalue weighted by Crippen LogP contribution is -2.49. The van der Waals surface area contributed by atoms with Gasteiger partial charge in [0.1, 0.15) is 12.4 Å². The summed E-state index contributed by atoms with van der Waals surface area (Å²) in [5, 5.41) is 0. The predicted octanol–water partition coefficient (Wildman–Crippen LogP) is 5.43. The van der Waals surface area contributed by atoms with Crippen molar-refractivity contribution in [2.24, 2.45) is 11.3 Å². The molecule has 1 saturated carbocycles. The molecule has 1 spiro atoms. The van der Waals surface area contributed by atoms with Crippen molar-refractivity contribution >= 4 is 5.91 Å². The summed E-state index contributed by atoms with van der Waals surface area (Å²) in [5.74, 6) is 2.15. The molecule has 1 amide bonds. The molecule has 2 aliphatic heterocycles. The van der Waals surface area contributed by atoms with E-state index in [0.717, 1.165) is 69.3 Å². The Bertz CT molecular complexity index is 916. The van der Waals surface area contributed by atoms with E-state index in [9.17, 15) is 4.79 Å². The van der Waals surface area contributed by atoms with Gasteiger partial charge < -0.3 is 9.64 Å². The molecule has 1 saturated heterocycles. The van der Waals surface area contributed by atoms with Crippen LogP contribution in [0.3, 0.4) is 0 Å². The van der Waals surface area contributed by atoms with Crippen molar-refractivity contribution in [1.82, 2.24) is 9.80 Å². The molecule has 4 nitrogen and oxygen atoms in total. The summed E-state index contributed by atoms with van der Waals surface area (Å²) in [7, 11) is 0. The Hall–Kier alpha value is -2.33. The van der Waals surface area contributed by atoms with E-state index in [1.807, 2.05) is 30.3 Å². The first-order valence-corrected chi connectivity index (χ1v) is 13.0. The average Bonchev–Trinajstić information content (AvgIpc) is 3.67. The fraction of sp³-hybridized carbons (Fsp3) is 0.552. The molecule has 0 bridgehead atoms. The van der Waals surface area contributed by atoms with Crippen LogP contribution in [0.25, 0.3) is 0 Å². The highest BCUT2D eigenvalue weighted by Crippen LogP contribution is 2.40. The lowest BCUT2D eigenvalue weighted by atomic mass is 9.73. The standard InChI is InChI=1S/C29H38N2O2/c32-28(26-10-2-1-3-11-26)31-18-16-29(17-19-31)15-7-6-9-25-8-4-5-12-27(25)33-21-20-30(23-29)22-24-13-14-24/h1-5,8,10-12,24H,6-7,9,13-23H2. The monoisotopic (exact) mass is 446 g/mol. The zero-order valence-electron chi connectivity index (χ0n) is 19.9. The molecule has 2 aromatic carbocycles. The molecule has 3 aliphatic rings. The second-order valence-electron chi connectivity index (χ2n) is 10.5. The number of rotatable bonds is 3. The first-order valence-electron chi connectivity index (χ1n) is 13.0. The van der Waals surface area contributed by atoms with Crippen molar-refractivity contribution in [3.63, 3.8) is 0 Å². The highest BCUT2D eigenvalue weighted by molar-refractivity contribution is 5.94. The van der Waals surface area contributed by atoms with E-state index >= 15 is 0 Å². The molecule has 5 rings (SSSR count). The number of carbonyl (C=O) groups excluding carboxylic acids is 1. The quantitative estimate of drug-likeness (QED) is 0.631. The van der Waals surface area contributed by atoms with Gasteiger partial charge in [-0.15, -0.1) is 0 Å². The van der Waals surface area contributed by atoms with E-state index in [1.54, 1.807) is 0 Å². The van der Waals surface area contributed by atoms with Crippen LogP contribution in [-0.2, 0) is 6.42 Å². The minimum atomic E-state index is 0.193. The molecule has 0 N–H and O–H groups in total. The van der Waals surface area contributed by atoms with Gasteiger partial charge in [-0.3, -0.25) is 9.69 Å². The second kappa shape index (κ2) is 10.3. The van der Waals surface area contributed by atoms with Gasteiger partial charge in [-0.05, 0) is 80.0 Å². The summed E-state index contributed by atoms with van der Waals surface area (Å²) in [4.78, 5) is 17.8. The number of hydrogen-bond donors (Lipinski definition) is 0. The number of likely N-dealkylation sites (tertiary alicyclic amines) is 1. The molecule has 176 valence electrons. The van der Waals surface area contributed by atoms with Crippen molar-refractivity contribution in [3.8, 4) is 5.75 Å². The zero-order valence-corrected chi connectivity index (χ0v) is 19.9. The summed E-state index contributed by atoms with van der Waals surface area (Å²) in [6, 6.07) is 18.4. The molecule has 0 radical (unpaired) electrons. The van der Waals surface area contributed by atoms with Crippen LogP contribution in [0.15, 0.2) is 54.6 Å². The maximum absolute atomic E-state index is 13.0. The highest BCUT2D eigenvalue weighted by atomic mass is 16.5. The van der Waals surface area contributed by atoms with E-state index in [1.165, 1.54) is 44.2 Å². The zero-order chi connectivity index (χ0) is 22.5. The largest absolute Gasteiger partial charge is 0.492 e. The Morgan fingerprint density at radius 2 is 1.67 bits per heavy atom. The second-order valence-corrected chi connectivity index (χ2v) is 10.5. The summed E-state index contributed by atoms with van der Waals surface area (Å²) in [6.07, 6.45) is 9.81. The van der Waals surface area contributed by atoms with Crippen LogP contribution in [0.5, 0.6) is 5.75 Å². The number of hydrogen-bond acceptors (Lipinski definition) is 3. The topological polar surface area (TPSA) is 32.8 Å². The molecule has 2 aromatic rings. The maximum atomic E-state index is 13.0. The van der Waals surface area contributed by atoms with Gasteiger partial charge in [0.05, 0.1) is 0 Å². The third-order valence-corrected chi connectivity index (χ3v) is 7.95. The molecule has 1 aliphatic carbocycles. The number of carbonyl (C=O) groups is 1. The number of fused-ring (bicyclic) bond motifs is 1. The SMILES string of the molecule is O=C(c1ccccc1)N1CCC2(CCCCc3ccccc3OCCN(CC3CC3)C2)CC1. The molecule has 2 heterocycles. The lowest BCUT2D eigenvalue weighted by Gasteiger charge is -2.45. The van der Waals surface area contributed by atoms with Crippen molar-refractivity contribution in [3.05, 3.63) is 65.7 Å². The minimum Gasteiger partial charge on any atom is -0.492 e. The van der Waals surface area contributed by atoms with Crippen LogP contribution in [0.1, 0.15) is 60.9 Å². The number of piperidine rings is 1. The van der Waals surface area contributed by atoms with Gasteiger partial charge in [-0.1, -0.05) is 42.8 Å². The van der Waals surface area contributed by atoms with Crippen LogP contribution in [0.4, 0.5) is 0 Å². The average molecular weight is 447 g/mol. The molecule has 0 atom stereocenters. The molecule has 2 fully saturated rings. The Labute approximate surface area is 198 Å². The summed E-state index contributed by atoms with van der Waals surface area (Å²) >= 11 is 0. The first-order chi connectivity index (χ1) is 16.2. The Morgan fingerprint density at radius 1 is 0.909 bits per heavy atom. The molecular formula is C29H38N2O2. The summed E-state index contributed by atoms with van der Waals surface area (Å²) in [6.45, 7) is 5.88. The smallest absolute Gasteiger partial charge is 0.253 e. The van der Waals surface area contributed by atoms with Crippen molar-refractivity contribution in [2.75, 3.05) is 39.3 Å². The molecule has 0 unspecified atom stereocenters. The van der Waals surface area contributed by atoms with Gasteiger partial charge >= 0.3 is 0 Å². The van der Waals surface area contributed by atoms with Crippen LogP contribution < -0.4 is 4.74 Å². The third-order valence-electron chi connectivity index (χ3n) is 7.95. The van der Waals surface area contributed by atoms with Crippen LogP contribution in [-0.4, -0.2) is 55.0 Å². The van der Waals surface area contributed by atoms with E-state index in [4.69, 9.17) is 4.74 Å². The third kappa shape index (κ3) is 5.78. The number of amides is 1. The molecule has 0 aromatic heterocycles. The summed E-state index contributed by atoms with van der Waals surface area (Å²) in [5.41, 5.74) is 2.49. The lowest BCUT2D eigenvalue weighted by molar-refractivity contribution is 0.0368. The number of ether oxygens (including phenoxy) is 1. The van der Waals surface area contributed by atoms with Crippen LogP contribution in [0.2, 0.25) is 0 Å². The molecular weight excluding hydrogens is 408 g/mol. The van der Waals surface area contributed by atoms with E-state index in [-0.39, 0.29) is 5.91 Å². The van der Waals surface area contributed by atoms with Gasteiger partial charge in [0, 0.05) is 38.3 Å². The summed E-state index contributed by atoms with van der Waals surface area (Å²) < 4.78 is 6.27. The fourth-order valence-corrected chi connectivity index (χ4v) is 5.76. The first kappa shape index (κ1) is 22.5. The van der Waals surface area contributed by atoms with Gasteiger partial charge in [-0.25, -0.2) is 0 Å². The van der Waals surface area contributed by atoms with Crippen LogP contribution >= 0.6 is 0 Å². The van der Waals surface area contributed by atoms with Crippen LogP contribution in [0, 0.1) is 11.3 Å².